The minimum atomic E-state index is 0.0131. The number of carbonyl (C=O) groups excluding carboxylic acids is 1. The molecule has 0 bridgehead atoms. The van der Waals surface area contributed by atoms with Gasteiger partial charge < -0.3 is 15.0 Å². The van der Waals surface area contributed by atoms with Crippen LogP contribution in [0.25, 0.3) is 0 Å². The van der Waals surface area contributed by atoms with Crippen molar-refractivity contribution in [1.82, 2.24) is 14.9 Å². The van der Waals surface area contributed by atoms with Gasteiger partial charge in [0.1, 0.15) is 5.75 Å². The van der Waals surface area contributed by atoms with Crippen molar-refractivity contribution in [3.8, 4) is 5.75 Å². The third kappa shape index (κ3) is 4.47. The standard InChI is InChI=1S/C19H24N4O2/c1-3-25-17-8-6-16(7-9-17)22-19-20-11-15(12-21-19)18(24)23-10-4-5-14(2)13-23/h6-9,11-12,14H,3-5,10,13H2,1-2H3,(H,20,21,22). The highest BCUT2D eigenvalue weighted by Crippen LogP contribution is 2.19. The van der Waals surface area contributed by atoms with E-state index in [2.05, 4.69) is 22.2 Å². The Labute approximate surface area is 148 Å². The van der Waals surface area contributed by atoms with Crippen LogP contribution in [0.2, 0.25) is 0 Å². The quantitative estimate of drug-likeness (QED) is 0.902. The van der Waals surface area contributed by atoms with Crippen LogP contribution in [0.1, 0.15) is 37.0 Å². The summed E-state index contributed by atoms with van der Waals surface area (Å²) in [7, 11) is 0. The van der Waals surface area contributed by atoms with Crippen LogP contribution in [0.15, 0.2) is 36.7 Å². The van der Waals surface area contributed by atoms with Crippen molar-refractivity contribution < 1.29 is 9.53 Å². The van der Waals surface area contributed by atoms with Gasteiger partial charge in [0.15, 0.2) is 0 Å². The van der Waals surface area contributed by atoms with Crippen molar-refractivity contribution in [2.45, 2.75) is 26.7 Å². The predicted octanol–water partition coefficient (Wildman–Crippen LogP) is 3.49. The van der Waals surface area contributed by atoms with Crippen LogP contribution in [0, 0.1) is 5.92 Å². The number of hydrogen-bond donors (Lipinski definition) is 1. The number of anilines is 2. The van der Waals surface area contributed by atoms with Crippen molar-refractivity contribution in [3.05, 3.63) is 42.2 Å². The number of likely N-dealkylation sites (tertiary alicyclic amines) is 1. The first-order chi connectivity index (χ1) is 12.2. The minimum absolute atomic E-state index is 0.0131. The molecule has 0 radical (unpaired) electrons. The van der Waals surface area contributed by atoms with Gasteiger partial charge in [-0.1, -0.05) is 6.92 Å². The van der Waals surface area contributed by atoms with Crippen molar-refractivity contribution in [2.24, 2.45) is 5.92 Å². The molecule has 25 heavy (non-hydrogen) atoms. The second kappa shape index (κ2) is 7.96. The Bertz CT molecular complexity index is 700. The number of hydrogen-bond acceptors (Lipinski definition) is 5. The van der Waals surface area contributed by atoms with Crippen LogP contribution in [0.5, 0.6) is 5.75 Å². The van der Waals surface area contributed by atoms with Crippen molar-refractivity contribution in [2.75, 3.05) is 25.0 Å². The van der Waals surface area contributed by atoms with Crippen LogP contribution >= 0.6 is 0 Å². The average Bonchev–Trinajstić information content (AvgIpc) is 2.64. The van der Waals surface area contributed by atoms with E-state index in [4.69, 9.17) is 4.74 Å². The summed E-state index contributed by atoms with van der Waals surface area (Å²) < 4.78 is 5.42. The van der Waals surface area contributed by atoms with Gasteiger partial charge in [0.25, 0.3) is 5.91 Å². The topological polar surface area (TPSA) is 67.3 Å². The highest BCUT2D eigenvalue weighted by atomic mass is 16.5. The van der Waals surface area contributed by atoms with Crippen LogP contribution in [-0.4, -0.2) is 40.5 Å². The summed E-state index contributed by atoms with van der Waals surface area (Å²) in [5.74, 6) is 1.86. The van der Waals surface area contributed by atoms with Gasteiger partial charge in [0, 0.05) is 31.2 Å². The van der Waals surface area contributed by atoms with E-state index >= 15 is 0 Å². The molecule has 3 rings (SSSR count). The summed E-state index contributed by atoms with van der Waals surface area (Å²) in [5.41, 5.74) is 1.40. The van der Waals surface area contributed by atoms with E-state index in [-0.39, 0.29) is 5.91 Å². The summed E-state index contributed by atoms with van der Waals surface area (Å²) in [4.78, 5) is 23.0. The van der Waals surface area contributed by atoms with Gasteiger partial charge in [-0.3, -0.25) is 4.79 Å². The van der Waals surface area contributed by atoms with Crippen molar-refractivity contribution in [3.63, 3.8) is 0 Å². The zero-order valence-corrected chi connectivity index (χ0v) is 14.7. The van der Waals surface area contributed by atoms with E-state index in [1.54, 1.807) is 12.4 Å². The largest absolute Gasteiger partial charge is 0.494 e. The molecule has 0 spiro atoms. The molecule has 1 fully saturated rings. The lowest BCUT2D eigenvalue weighted by atomic mass is 10.00. The molecular weight excluding hydrogens is 316 g/mol. The lowest BCUT2D eigenvalue weighted by molar-refractivity contribution is 0.0682. The number of nitrogens with zero attached hydrogens (tertiary/aromatic N) is 3. The number of benzene rings is 1. The van der Waals surface area contributed by atoms with Gasteiger partial charge in [0.05, 0.1) is 12.2 Å². The minimum Gasteiger partial charge on any atom is -0.494 e. The van der Waals surface area contributed by atoms with Gasteiger partial charge in [0.2, 0.25) is 5.95 Å². The smallest absolute Gasteiger partial charge is 0.257 e. The van der Waals surface area contributed by atoms with Crippen LogP contribution in [0.3, 0.4) is 0 Å². The van der Waals surface area contributed by atoms with Crippen LogP contribution < -0.4 is 10.1 Å². The van der Waals surface area contributed by atoms with E-state index in [0.717, 1.165) is 30.9 Å². The van der Waals surface area contributed by atoms with Gasteiger partial charge in [-0.25, -0.2) is 9.97 Å². The zero-order chi connectivity index (χ0) is 17.6. The molecular formula is C19H24N4O2. The molecule has 2 heterocycles. The fourth-order valence-electron chi connectivity index (χ4n) is 2.99. The second-order valence-electron chi connectivity index (χ2n) is 6.38. The Balaban J connectivity index is 1.62. The molecule has 0 saturated carbocycles. The molecule has 1 aromatic heterocycles. The number of rotatable bonds is 5. The van der Waals surface area contributed by atoms with E-state index in [0.29, 0.717) is 24.0 Å². The van der Waals surface area contributed by atoms with E-state index in [9.17, 15) is 4.79 Å². The number of amides is 1. The maximum absolute atomic E-state index is 12.5. The maximum Gasteiger partial charge on any atom is 0.257 e. The monoisotopic (exact) mass is 340 g/mol. The van der Waals surface area contributed by atoms with Crippen LogP contribution in [0.4, 0.5) is 11.6 Å². The molecule has 1 aliphatic heterocycles. The molecule has 132 valence electrons. The SMILES string of the molecule is CCOc1ccc(Nc2ncc(C(=O)N3CCCC(C)C3)cn2)cc1. The molecule has 1 amide bonds. The Morgan fingerprint density at radius 2 is 2.00 bits per heavy atom. The first-order valence-electron chi connectivity index (χ1n) is 8.77. The second-order valence-corrected chi connectivity index (χ2v) is 6.38. The van der Waals surface area contributed by atoms with Crippen LogP contribution in [-0.2, 0) is 0 Å². The highest BCUT2D eigenvalue weighted by Gasteiger charge is 2.22. The summed E-state index contributed by atoms with van der Waals surface area (Å²) in [6, 6.07) is 7.59. The van der Waals surface area contributed by atoms with Gasteiger partial charge >= 0.3 is 0 Å². The predicted molar refractivity (Wildman–Crippen MR) is 97.2 cm³/mol. The number of aromatic nitrogens is 2. The summed E-state index contributed by atoms with van der Waals surface area (Å²) in [6.07, 6.45) is 5.42. The molecule has 1 atom stereocenters. The number of ether oxygens (including phenoxy) is 1. The van der Waals surface area contributed by atoms with Gasteiger partial charge in [-0.05, 0) is 49.9 Å². The molecule has 0 aliphatic carbocycles. The van der Waals surface area contributed by atoms with E-state index < -0.39 is 0 Å². The first kappa shape index (κ1) is 17.2. The Morgan fingerprint density at radius 3 is 2.64 bits per heavy atom. The molecule has 6 heteroatoms. The Morgan fingerprint density at radius 1 is 1.28 bits per heavy atom. The Kier molecular flexibility index (Phi) is 5.48. The van der Waals surface area contributed by atoms with Crippen molar-refractivity contribution >= 4 is 17.5 Å². The third-order valence-electron chi connectivity index (χ3n) is 4.26. The third-order valence-corrected chi connectivity index (χ3v) is 4.26. The molecule has 1 aromatic carbocycles. The zero-order valence-electron chi connectivity index (χ0n) is 14.7. The lowest BCUT2D eigenvalue weighted by Crippen LogP contribution is -2.39. The fraction of sp³-hybridized carbons (Fsp3) is 0.421. The molecule has 6 nitrogen and oxygen atoms in total. The number of piperidine rings is 1. The highest BCUT2D eigenvalue weighted by molar-refractivity contribution is 5.93. The van der Waals surface area contributed by atoms with E-state index in [1.807, 2.05) is 36.1 Å². The lowest BCUT2D eigenvalue weighted by Gasteiger charge is -2.30. The Hall–Kier alpha value is -2.63. The molecule has 2 aromatic rings. The number of nitrogens with one attached hydrogen (secondary N) is 1. The average molecular weight is 340 g/mol. The van der Waals surface area contributed by atoms with Crippen molar-refractivity contribution in [1.29, 1.82) is 0 Å². The molecule has 1 unspecified atom stereocenters. The first-order valence-corrected chi connectivity index (χ1v) is 8.77. The van der Waals surface area contributed by atoms with Gasteiger partial charge in [-0.15, -0.1) is 0 Å². The molecule has 1 saturated heterocycles. The normalized spacial score (nSPS) is 17.2. The van der Waals surface area contributed by atoms with E-state index in [1.165, 1.54) is 6.42 Å². The summed E-state index contributed by atoms with van der Waals surface area (Å²) in [5, 5.41) is 3.12. The number of carbonyl (C=O) groups is 1. The van der Waals surface area contributed by atoms with Gasteiger partial charge in [-0.2, -0.15) is 0 Å². The fourth-order valence-corrected chi connectivity index (χ4v) is 2.99. The molecule has 1 aliphatic rings. The maximum atomic E-state index is 12.5. The molecule has 1 N–H and O–H groups in total. The summed E-state index contributed by atoms with van der Waals surface area (Å²) in [6.45, 7) is 6.40. The summed E-state index contributed by atoms with van der Waals surface area (Å²) >= 11 is 0.